The lowest BCUT2D eigenvalue weighted by molar-refractivity contribution is 0.219. The Balaban J connectivity index is 2.46. The fourth-order valence-electron chi connectivity index (χ4n) is 2.21. The minimum Gasteiger partial charge on any atom is -0.314 e. The molecule has 0 saturated carbocycles. The van der Waals surface area contributed by atoms with Crippen LogP contribution in [0.3, 0.4) is 0 Å². The van der Waals surface area contributed by atoms with Crippen molar-refractivity contribution < 1.29 is 0 Å². The number of hydrogen-bond acceptors (Lipinski definition) is 2. The molecule has 0 radical (unpaired) electrons. The molecule has 19 heavy (non-hydrogen) atoms. The van der Waals surface area contributed by atoms with Gasteiger partial charge >= 0.3 is 0 Å². The molecular weight excluding hydrogens is 250 g/mol. The molecule has 1 aromatic heterocycles. The minimum absolute atomic E-state index is 0.411. The monoisotopic (exact) mass is 281 g/mol. The summed E-state index contributed by atoms with van der Waals surface area (Å²) in [4.78, 5) is 0. The minimum atomic E-state index is 0.411. The quantitative estimate of drug-likeness (QED) is 0.697. The smallest absolute Gasteiger partial charge is 0.00729 e. The first-order valence-electron chi connectivity index (χ1n) is 7.68. The van der Waals surface area contributed by atoms with Crippen LogP contribution in [-0.4, -0.2) is 12.6 Å². The molecule has 0 aliphatic rings. The van der Waals surface area contributed by atoms with Crippen LogP contribution in [-0.2, 0) is 6.42 Å². The maximum absolute atomic E-state index is 3.74. The van der Waals surface area contributed by atoms with E-state index in [0.717, 1.165) is 12.5 Å². The number of aryl methyl sites for hydroxylation is 1. The van der Waals surface area contributed by atoms with E-state index in [-0.39, 0.29) is 0 Å². The normalized spacial score (nSPS) is 15.4. The summed E-state index contributed by atoms with van der Waals surface area (Å²) in [5.41, 5.74) is 1.91. The Bertz CT molecular complexity index is 324. The first kappa shape index (κ1) is 16.7. The highest BCUT2D eigenvalue weighted by Crippen LogP contribution is 2.30. The van der Waals surface area contributed by atoms with Crippen molar-refractivity contribution in [2.75, 3.05) is 6.54 Å². The van der Waals surface area contributed by atoms with Gasteiger partial charge in [0.15, 0.2) is 0 Å². The van der Waals surface area contributed by atoms with Crippen LogP contribution in [0.1, 0.15) is 59.4 Å². The van der Waals surface area contributed by atoms with Gasteiger partial charge in [-0.25, -0.2) is 0 Å². The van der Waals surface area contributed by atoms with Crippen LogP contribution in [0, 0.1) is 11.3 Å². The number of hydrogen-bond donors (Lipinski definition) is 1. The fraction of sp³-hybridized carbons (Fsp3) is 0.765. The Morgan fingerprint density at radius 1 is 1.32 bits per heavy atom. The highest BCUT2D eigenvalue weighted by molar-refractivity contribution is 7.07. The molecule has 0 fully saturated rings. The van der Waals surface area contributed by atoms with E-state index in [1.165, 1.54) is 31.2 Å². The summed E-state index contributed by atoms with van der Waals surface area (Å²) >= 11 is 1.81. The maximum atomic E-state index is 3.74. The highest BCUT2D eigenvalue weighted by atomic mass is 32.1. The third kappa shape index (κ3) is 6.58. The fourth-order valence-corrected chi connectivity index (χ4v) is 2.91. The van der Waals surface area contributed by atoms with Crippen molar-refractivity contribution in [1.82, 2.24) is 5.32 Å². The Morgan fingerprint density at radius 3 is 2.58 bits per heavy atom. The molecule has 2 heteroatoms. The van der Waals surface area contributed by atoms with Gasteiger partial charge in [-0.05, 0) is 66.0 Å². The van der Waals surface area contributed by atoms with E-state index in [1.54, 1.807) is 11.3 Å². The lowest BCUT2D eigenvalue weighted by Crippen LogP contribution is -2.34. The maximum Gasteiger partial charge on any atom is 0.00729 e. The zero-order valence-electron chi connectivity index (χ0n) is 13.3. The van der Waals surface area contributed by atoms with Crippen LogP contribution in [0.4, 0.5) is 0 Å². The van der Waals surface area contributed by atoms with Gasteiger partial charge in [-0.2, -0.15) is 11.3 Å². The Hall–Kier alpha value is -0.340. The Labute approximate surface area is 123 Å². The largest absolute Gasteiger partial charge is 0.314 e. The number of thiophene rings is 1. The number of rotatable bonds is 8. The molecule has 1 rings (SSSR count). The SMILES string of the molecule is CCCNC(CCc1ccsc1)CC(C)C(C)(C)C. The van der Waals surface area contributed by atoms with E-state index >= 15 is 0 Å². The van der Waals surface area contributed by atoms with Crippen molar-refractivity contribution in [2.24, 2.45) is 11.3 Å². The molecule has 0 saturated heterocycles. The molecule has 1 nitrogen and oxygen atoms in total. The van der Waals surface area contributed by atoms with Crippen LogP contribution < -0.4 is 5.32 Å². The van der Waals surface area contributed by atoms with Crippen molar-refractivity contribution in [3.63, 3.8) is 0 Å². The van der Waals surface area contributed by atoms with Gasteiger partial charge in [-0.1, -0.05) is 34.6 Å². The molecule has 1 aromatic rings. The van der Waals surface area contributed by atoms with Crippen LogP contribution in [0.15, 0.2) is 16.8 Å². The molecule has 2 unspecified atom stereocenters. The summed E-state index contributed by atoms with van der Waals surface area (Å²) in [5.74, 6) is 0.754. The molecule has 110 valence electrons. The molecule has 0 bridgehead atoms. The molecular formula is C17H31NS. The average Bonchev–Trinajstić information content (AvgIpc) is 2.84. The van der Waals surface area contributed by atoms with E-state index in [0.29, 0.717) is 11.5 Å². The van der Waals surface area contributed by atoms with Gasteiger partial charge in [-0.15, -0.1) is 0 Å². The van der Waals surface area contributed by atoms with E-state index in [2.05, 4.69) is 56.8 Å². The molecule has 0 amide bonds. The number of nitrogens with one attached hydrogen (secondary N) is 1. The molecule has 0 aliphatic carbocycles. The molecule has 0 aliphatic heterocycles. The second-order valence-electron chi connectivity index (χ2n) is 6.82. The highest BCUT2D eigenvalue weighted by Gasteiger charge is 2.23. The first-order valence-corrected chi connectivity index (χ1v) is 8.62. The first-order chi connectivity index (χ1) is 8.93. The van der Waals surface area contributed by atoms with Crippen molar-refractivity contribution in [2.45, 2.75) is 66.3 Å². The van der Waals surface area contributed by atoms with Gasteiger partial charge in [0, 0.05) is 6.04 Å². The van der Waals surface area contributed by atoms with Crippen LogP contribution in [0.2, 0.25) is 0 Å². The summed E-state index contributed by atoms with van der Waals surface area (Å²) < 4.78 is 0. The zero-order chi connectivity index (χ0) is 14.3. The zero-order valence-corrected chi connectivity index (χ0v) is 14.1. The van der Waals surface area contributed by atoms with E-state index in [4.69, 9.17) is 0 Å². The van der Waals surface area contributed by atoms with Crippen LogP contribution in [0.5, 0.6) is 0 Å². The average molecular weight is 282 g/mol. The van der Waals surface area contributed by atoms with Crippen molar-refractivity contribution in [3.05, 3.63) is 22.4 Å². The van der Waals surface area contributed by atoms with Crippen molar-refractivity contribution in [3.8, 4) is 0 Å². The van der Waals surface area contributed by atoms with Crippen LogP contribution >= 0.6 is 11.3 Å². The topological polar surface area (TPSA) is 12.0 Å². The lowest BCUT2D eigenvalue weighted by atomic mass is 9.78. The summed E-state index contributed by atoms with van der Waals surface area (Å²) in [7, 11) is 0. The van der Waals surface area contributed by atoms with E-state index in [9.17, 15) is 0 Å². The second-order valence-corrected chi connectivity index (χ2v) is 7.60. The summed E-state index contributed by atoms with van der Waals surface area (Å²) in [6.07, 6.45) is 4.98. The molecule has 1 N–H and O–H groups in total. The summed E-state index contributed by atoms with van der Waals surface area (Å²) in [5, 5.41) is 8.20. The van der Waals surface area contributed by atoms with Gasteiger partial charge < -0.3 is 5.32 Å². The van der Waals surface area contributed by atoms with Gasteiger partial charge in [-0.3, -0.25) is 0 Å². The van der Waals surface area contributed by atoms with Gasteiger partial charge in [0.2, 0.25) is 0 Å². The second kappa shape index (κ2) is 8.06. The van der Waals surface area contributed by atoms with Gasteiger partial charge in [0.25, 0.3) is 0 Å². The summed E-state index contributed by atoms with van der Waals surface area (Å²) in [6, 6.07) is 2.92. The predicted molar refractivity (Wildman–Crippen MR) is 88.0 cm³/mol. The van der Waals surface area contributed by atoms with Crippen LogP contribution in [0.25, 0.3) is 0 Å². The van der Waals surface area contributed by atoms with Crippen molar-refractivity contribution in [1.29, 1.82) is 0 Å². The van der Waals surface area contributed by atoms with E-state index < -0.39 is 0 Å². The predicted octanol–water partition coefficient (Wildman–Crippen LogP) is 5.12. The Morgan fingerprint density at radius 2 is 2.05 bits per heavy atom. The molecule has 2 atom stereocenters. The Kier molecular flexibility index (Phi) is 7.09. The third-order valence-corrected chi connectivity index (χ3v) is 4.89. The lowest BCUT2D eigenvalue weighted by Gasteiger charge is -2.31. The molecule has 0 aromatic carbocycles. The third-order valence-electron chi connectivity index (χ3n) is 4.16. The van der Waals surface area contributed by atoms with Gasteiger partial charge in [0.1, 0.15) is 0 Å². The molecule has 0 spiro atoms. The molecule has 1 heterocycles. The van der Waals surface area contributed by atoms with Crippen molar-refractivity contribution >= 4 is 11.3 Å². The summed E-state index contributed by atoms with van der Waals surface area (Å²) in [6.45, 7) is 12.8. The standard InChI is InChI=1S/C17H31NS/c1-6-10-18-16(12-14(2)17(3,4)5)8-7-15-9-11-19-13-15/h9,11,13-14,16,18H,6-8,10,12H2,1-5H3. The van der Waals surface area contributed by atoms with Gasteiger partial charge in [0.05, 0.1) is 0 Å². The van der Waals surface area contributed by atoms with E-state index in [1.807, 2.05) is 0 Å².